The number of ether oxygens (including phenoxy) is 3. The molecule has 0 amide bonds. The highest BCUT2D eigenvalue weighted by Gasteiger charge is 2.17. The molecule has 1 fully saturated rings. The largest absolute Gasteiger partial charge is 0.493 e. The minimum atomic E-state index is -0.305. The van der Waals surface area contributed by atoms with Crippen molar-refractivity contribution < 1.29 is 19.3 Å². The smallest absolute Gasteiger partial charge is 0.260 e. The zero-order valence-corrected chi connectivity index (χ0v) is 21.1. The minimum Gasteiger partial charge on any atom is -0.493 e. The predicted molar refractivity (Wildman–Crippen MR) is 140 cm³/mol. The van der Waals surface area contributed by atoms with E-state index < -0.39 is 0 Å². The molecule has 0 bridgehead atoms. The first kappa shape index (κ1) is 24.7. The van der Waals surface area contributed by atoms with E-state index in [0.717, 1.165) is 37.0 Å². The number of nitrogens with zero attached hydrogens (tertiary/aromatic N) is 4. The summed E-state index contributed by atoms with van der Waals surface area (Å²) in [6.07, 6.45) is 1.57. The van der Waals surface area contributed by atoms with Crippen molar-refractivity contribution in [3.63, 3.8) is 0 Å². The second-order valence-electron chi connectivity index (χ2n) is 9.02. The highest BCUT2D eigenvalue weighted by molar-refractivity contribution is 5.86. The Bertz CT molecular complexity index is 1490. The number of likely N-dealkylation sites (tertiary alicyclic amines) is 1. The molecule has 2 aromatic carbocycles. The number of aromatic nitrogens is 4. The second kappa shape index (κ2) is 10.6. The van der Waals surface area contributed by atoms with Crippen molar-refractivity contribution in [2.24, 2.45) is 0 Å². The Kier molecular flexibility index (Phi) is 7.06. The molecular weight excluding hydrogens is 476 g/mol. The van der Waals surface area contributed by atoms with Crippen molar-refractivity contribution in [2.45, 2.75) is 25.9 Å². The molecule has 5 rings (SSSR count). The van der Waals surface area contributed by atoms with Crippen molar-refractivity contribution in [3.05, 3.63) is 46.4 Å². The Morgan fingerprint density at radius 2 is 1.89 bits per heavy atom. The number of β-amino-alcohol motifs (C(OH)–C–C–N with tert-alkyl or cyclic N) is 1. The van der Waals surface area contributed by atoms with Crippen molar-refractivity contribution >= 4 is 33.7 Å². The summed E-state index contributed by atoms with van der Waals surface area (Å²) in [6, 6.07) is 8.84. The lowest BCUT2D eigenvalue weighted by Gasteiger charge is -2.29. The van der Waals surface area contributed by atoms with Crippen LogP contribution >= 0.6 is 0 Å². The summed E-state index contributed by atoms with van der Waals surface area (Å²) in [6.45, 7) is 4.68. The third kappa shape index (κ3) is 5.42. The fraction of sp³-hybridized carbons (Fsp3) is 0.385. The van der Waals surface area contributed by atoms with Gasteiger partial charge in [-0.1, -0.05) is 0 Å². The van der Waals surface area contributed by atoms with Gasteiger partial charge in [-0.3, -0.25) is 20.0 Å². The maximum atomic E-state index is 12.8. The summed E-state index contributed by atoms with van der Waals surface area (Å²) in [5, 5.41) is 14.1. The summed E-state index contributed by atoms with van der Waals surface area (Å²) >= 11 is 0. The van der Waals surface area contributed by atoms with E-state index in [1.807, 2.05) is 13.0 Å². The maximum absolute atomic E-state index is 12.8. The van der Waals surface area contributed by atoms with Gasteiger partial charge in [0.2, 0.25) is 11.9 Å². The van der Waals surface area contributed by atoms with E-state index in [0.29, 0.717) is 52.8 Å². The summed E-state index contributed by atoms with van der Waals surface area (Å²) in [5.74, 6) is 2.27. The van der Waals surface area contributed by atoms with Gasteiger partial charge in [-0.25, -0.2) is 15.0 Å². The zero-order chi connectivity index (χ0) is 25.9. The Morgan fingerprint density at radius 1 is 1.08 bits per heavy atom. The molecule has 1 aliphatic rings. The van der Waals surface area contributed by atoms with Gasteiger partial charge in [0.15, 0.2) is 11.5 Å². The normalized spacial score (nSPS) is 16.2. The van der Waals surface area contributed by atoms with Gasteiger partial charge < -0.3 is 19.3 Å². The SMILES string of the molecule is COc1cc2nc(Nc3nc4ccc(OCCN5CCCC(O)C5)cc4c(=O)[nH]3)nc(C)c2cc1OC. The van der Waals surface area contributed by atoms with Gasteiger partial charge >= 0.3 is 0 Å². The van der Waals surface area contributed by atoms with Crippen LogP contribution in [0.5, 0.6) is 17.2 Å². The number of aryl methyl sites for hydroxylation is 1. The number of benzene rings is 2. The number of anilines is 2. The van der Waals surface area contributed by atoms with Gasteiger partial charge in [0, 0.05) is 24.5 Å². The molecule has 1 unspecified atom stereocenters. The van der Waals surface area contributed by atoms with E-state index in [1.165, 1.54) is 0 Å². The molecule has 2 aromatic heterocycles. The van der Waals surface area contributed by atoms with Crippen LogP contribution in [0.1, 0.15) is 18.5 Å². The third-order valence-electron chi connectivity index (χ3n) is 6.46. The second-order valence-corrected chi connectivity index (χ2v) is 9.02. The van der Waals surface area contributed by atoms with E-state index >= 15 is 0 Å². The number of piperidine rings is 1. The van der Waals surface area contributed by atoms with E-state index in [4.69, 9.17) is 14.2 Å². The van der Waals surface area contributed by atoms with Gasteiger partial charge in [0.1, 0.15) is 12.4 Å². The lowest BCUT2D eigenvalue weighted by molar-refractivity contribution is 0.0633. The minimum absolute atomic E-state index is 0.231. The van der Waals surface area contributed by atoms with Gasteiger partial charge in [-0.15, -0.1) is 0 Å². The van der Waals surface area contributed by atoms with E-state index in [9.17, 15) is 9.90 Å². The van der Waals surface area contributed by atoms with E-state index in [2.05, 4.69) is 30.2 Å². The molecule has 1 saturated heterocycles. The number of nitrogens with one attached hydrogen (secondary N) is 2. The lowest BCUT2D eigenvalue weighted by atomic mass is 10.1. The Morgan fingerprint density at radius 3 is 2.68 bits per heavy atom. The predicted octanol–water partition coefficient (Wildman–Crippen LogP) is 2.77. The summed E-state index contributed by atoms with van der Waals surface area (Å²) < 4.78 is 16.6. The van der Waals surface area contributed by atoms with Crippen molar-refractivity contribution in [1.29, 1.82) is 0 Å². The maximum Gasteiger partial charge on any atom is 0.260 e. The molecule has 3 N–H and O–H groups in total. The monoisotopic (exact) mass is 506 g/mol. The fourth-order valence-electron chi connectivity index (χ4n) is 4.56. The quantitative estimate of drug-likeness (QED) is 0.327. The molecular formula is C26H30N6O5. The molecule has 11 nitrogen and oxygen atoms in total. The first-order chi connectivity index (χ1) is 17.9. The average Bonchev–Trinajstić information content (AvgIpc) is 2.88. The van der Waals surface area contributed by atoms with Gasteiger partial charge in [0.05, 0.1) is 42.4 Å². The lowest BCUT2D eigenvalue weighted by Crippen LogP contribution is -2.40. The molecule has 1 aliphatic heterocycles. The highest BCUT2D eigenvalue weighted by atomic mass is 16.5. The molecule has 194 valence electrons. The molecule has 0 radical (unpaired) electrons. The number of hydrogen-bond acceptors (Lipinski definition) is 10. The average molecular weight is 507 g/mol. The zero-order valence-electron chi connectivity index (χ0n) is 21.1. The van der Waals surface area contributed by atoms with Gasteiger partial charge in [-0.2, -0.15) is 0 Å². The van der Waals surface area contributed by atoms with Crippen LogP contribution in [-0.4, -0.2) is 76.5 Å². The van der Waals surface area contributed by atoms with Crippen molar-refractivity contribution in [2.75, 3.05) is 45.8 Å². The first-order valence-electron chi connectivity index (χ1n) is 12.2. The van der Waals surface area contributed by atoms with Crippen molar-refractivity contribution in [1.82, 2.24) is 24.8 Å². The number of aromatic amines is 1. The van der Waals surface area contributed by atoms with E-state index in [-0.39, 0.29) is 17.6 Å². The van der Waals surface area contributed by atoms with E-state index in [1.54, 1.807) is 38.5 Å². The van der Waals surface area contributed by atoms with Crippen LogP contribution in [0, 0.1) is 6.92 Å². The standard InChI is InChI=1S/C26H30N6O5/c1-15-18-12-22(35-2)23(36-3)13-21(18)29-25(27-15)31-26-28-20-7-6-17(11-19(20)24(34)30-26)37-10-9-32-8-4-5-16(33)14-32/h6-7,11-13,16,33H,4-5,8-10,14H2,1-3H3,(H2,27,28,29,30,31,34). The number of H-pyrrole nitrogens is 1. The number of fused-ring (bicyclic) bond motifs is 2. The van der Waals surface area contributed by atoms with Crippen molar-refractivity contribution in [3.8, 4) is 17.2 Å². The Balaban J connectivity index is 1.33. The molecule has 0 aliphatic carbocycles. The van der Waals surface area contributed by atoms with Crippen LogP contribution < -0.4 is 25.1 Å². The molecule has 11 heteroatoms. The Hall–Kier alpha value is -3.96. The van der Waals surface area contributed by atoms with Gasteiger partial charge in [-0.05, 0) is 50.6 Å². The fourth-order valence-corrected chi connectivity index (χ4v) is 4.56. The van der Waals surface area contributed by atoms with Crippen LogP contribution in [0.3, 0.4) is 0 Å². The number of rotatable bonds is 8. The number of aliphatic hydroxyl groups excluding tert-OH is 1. The number of methoxy groups -OCH3 is 2. The van der Waals surface area contributed by atoms with Crippen LogP contribution in [0.4, 0.5) is 11.9 Å². The van der Waals surface area contributed by atoms with Crippen LogP contribution in [-0.2, 0) is 0 Å². The third-order valence-corrected chi connectivity index (χ3v) is 6.46. The highest BCUT2D eigenvalue weighted by Crippen LogP contribution is 2.33. The van der Waals surface area contributed by atoms with Crippen LogP contribution in [0.25, 0.3) is 21.8 Å². The molecule has 3 heterocycles. The van der Waals surface area contributed by atoms with Crippen LogP contribution in [0.2, 0.25) is 0 Å². The van der Waals surface area contributed by atoms with Gasteiger partial charge in [0.25, 0.3) is 5.56 Å². The molecule has 0 saturated carbocycles. The summed E-state index contributed by atoms with van der Waals surface area (Å²) in [4.78, 5) is 31.4. The Labute approximate surface area is 213 Å². The summed E-state index contributed by atoms with van der Waals surface area (Å²) in [5.41, 5.74) is 1.61. The molecule has 1 atom stereocenters. The van der Waals surface area contributed by atoms with Crippen LogP contribution in [0.15, 0.2) is 35.1 Å². The number of hydrogen-bond donors (Lipinski definition) is 3. The molecule has 37 heavy (non-hydrogen) atoms. The molecule has 4 aromatic rings. The number of aliphatic hydroxyl groups is 1. The topological polar surface area (TPSA) is 135 Å². The molecule has 0 spiro atoms. The summed E-state index contributed by atoms with van der Waals surface area (Å²) in [7, 11) is 3.14. The first-order valence-corrected chi connectivity index (χ1v) is 12.2.